The Morgan fingerprint density at radius 1 is 1.47 bits per heavy atom. The number of nitrogens with one attached hydrogen (secondary N) is 1. The van der Waals surface area contributed by atoms with Crippen molar-refractivity contribution in [3.05, 3.63) is 12.4 Å². The van der Waals surface area contributed by atoms with E-state index >= 15 is 0 Å². The van der Waals surface area contributed by atoms with Gasteiger partial charge in [-0.05, 0) is 0 Å². The minimum Gasteiger partial charge on any atom is -0.479 e. The molecule has 0 unspecified atom stereocenters. The van der Waals surface area contributed by atoms with Crippen LogP contribution in [0.15, 0.2) is 17.4 Å². The number of carbonyl (C=O) groups is 1. The van der Waals surface area contributed by atoms with Gasteiger partial charge in [-0.2, -0.15) is 0 Å². The molecule has 1 heterocycles. The summed E-state index contributed by atoms with van der Waals surface area (Å²) in [6.07, 6.45) is 1.24. The van der Waals surface area contributed by atoms with Crippen LogP contribution >= 0.6 is 0 Å². The third-order valence-electron chi connectivity index (χ3n) is 1.77. The lowest BCUT2D eigenvalue weighted by Crippen LogP contribution is -2.28. The Hall–Kier alpha value is -1.90. The topological polar surface area (TPSA) is 118 Å². The maximum absolute atomic E-state index is 11.8. The maximum atomic E-state index is 11.8. The largest absolute Gasteiger partial charge is 0.479 e. The molecule has 0 atom stereocenters. The zero-order valence-electron chi connectivity index (χ0n) is 8.95. The molecular weight excluding hydrogens is 250 g/mol. The van der Waals surface area contributed by atoms with Crippen molar-refractivity contribution in [2.45, 2.75) is 5.03 Å². The summed E-state index contributed by atoms with van der Waals surface area (Å²) in [5, 5.41) is 9.98. The molecule has 0 fully saturated rings. The monoisotopic (exact) mass is 261 g/mol. The van der Waals surface area contributed by atoms with Gasteiger partial charge in [-0.1, -0.05) is 0 Å². The van der Waals surface area contributed by atoms with Crippen molar-refractivity contribution >= 4 is 15.9 Å². The highest BCUT2D eigenvalue weighted by Crippen LogP contribution is 2.17. The van der Waals surface area contributed by atoms with Gasteiger partial charge >= 0.3 is 6.09 Å². The molecule has 0 bridgehead atoms. The highest BCUT2D eigenvalue weighted by atomic mass is 32.2. The fourth-order valence-corrected chi connectivity index (χ4v) is 2.24. The first-order valence-corrected chi connectivity index (χ1v) is 6.17. The normalized spacial score (nSPS) is 10.9. The number of ether oxygens (including phenoxy) is 1. The van der Waals surface area contributed by atoms with E-state index in [2.05, 4.69) is 9.97 Å². The molecule has 0 spiro atoms. The number of nitrogens with zero attached hydrogens (tertiary/aromatic N) is 2. The Kier molecular flexibility index (Phi) is 4.21. The smallest absolute Gasteiger partial charge is 0.404 e. The molecular formula is C8H11N3O5S. The minimum atomic E-state index is -3.72. The Balaban J connectivity index is 2.86. The summed E-state index contributed by atoms with van der Waals surface area (Å²) in [6.45, 7) is -0.225. The Labute approximate surface area is 97.6 Å². The van der Waals surface area contributed by atoms with Gasteiger partial charge < -0.3 is 15.2 Å². The molecule has 0 aliphatic carbocycles. The number of sulfone groups is 1. The zero-order valence-corrected chi connectivity index (χ0v) is 9.77. The van der Waals surface area contributed by atoms with E-state index in [4.69, 9.17) is 9.84 Å². The second-order valence-electron chi connectivity index (χ2n) is 2.92. The van der Waals surface area contributed by atoms with Gasteiger partial charge in [0.25, 0.3) is 5.88 Å². The summed E-state index contributed by atoms with van der Waals surface area (Å²) in [7, 11) is -2.45. The van der Waals surface area contributed by atoms with Gasteiger partial charge in [0.15, 0.2) is 0 Å². The van der Waals surface area contributed by atoms with E-state index in [-0.39, 0.29) is 17.5 Å². The van der Waals surface area contributed by atoms with Gasteiger partial charge in [-0.3, -0.25) is 0 Å². The zero-order chi connectivity index (χ0) is 12.9. The summed E-state index contributed by atoms with van der Waals surface area (Å²) in [4.78, 5) is 17.6. The Bertz CT molecular complexity index is 502. The third kappa shape index (κ3) is 3.55. The predicted octanol–water partition coefficient (Wildman–Crippen LogP) is -0.473. The molecule has 2 N–H and O–H groups in total. The summed E-state index contributed by atoms with van der Waals surface area (Å²) in [5.74, 6) is -0.517. The molecule has 0 saturated carbocycles. The van der Waals surface area contributed by atoms with E-state index in [1.807, 2.05) is 5.32 Å². The van der Waals surface area contributed by atoms with Crippen molar-refractivity contribution in [2.75, 3.05) is 19.4 Å². The van der Waals surface area contributed by atoms with Crippen molar-refractivity contribution in [2.24, 2.45) is 0 Å². The number of carboxylic acid groups (broad SMARTS) is 1. The fraction of sp³-hybridized carbons (Fsp3) is 0.375. The van der Waals surface area contributed by atoms with Crippen molar-refractivity contribution < 1.29 is 23.1 Å². The Morgan fingerprint density at radius 2 is 2.12 bits per heavy atom. The minimum absolute atomic E-state index is 0.108. The van der Waals surface area contributed by atoms with Gasteiger partial charge in [-0.15, -0.1) is 0 Å². The number of hydrogen-bond acceptors (Lipinski definition) is 6. The van der Waals surface area contributed by atoms with E-state index in [1.54, 1.807) is 0 Å². The number of aromatic nitrogens is 2. The Morgan fingerprint density at radius 3 is 2.71 bits per heavy atom. The van der Waals surface area contributed by atoms with Crippen LogP contribution in [0.4, 0.5) is 4.79 Å². The van der Waals surface area contributed by atoms with Crippen LogP contribution in [0.2, 0.25) is 0 Å². The quantitative estimate of drug-likeness (QED) is 0.735. The molecule has 17 heavy (non-hydrogen) atoms. The highest BCUT2D eigenvalue weighted by molar-refractivity contribution is 7.91. The van der Waals surface area contributed by atoms with Crippen LogP contribution in [0.25, 0.3) is 0 Å². The van der Waals surface area contributed by atoms with Gasteiger partial charge in [0.2, 0.25) is 14.9 Å². The van der Waals surface area contributed by atoms with E-state index in [0.29, 0.717) is 0 Å². The average molecular weight is 261 g/mol. The number of rotatable bonds is 5. The second kappa shape index (κ2) is 5.43. The first-order chi connectivity index (χ1) is 7.97. The van der Waals surface area contributed by atoms with Crippen molar-refractivity contribution in [1.82, 2.24) is 15.3 Å². The molecule has 94 valence electrons. The van der Waals surface area contributed by atoms with Crippen LogP contribution in [-0.2, 0) is 9.84 Å². The average Bonchev–Trinajstić information content (AvgIpc) is 2.28. The summed E-state index contributed by atoms with van der Waals surface area (Å²) in [6, 6.07) is 0. The van der Waals surface area contributed by atoms with Crippen LogP contribution in [0, 0.1) is 0 Å². The van der Waals surface area contributed by atoms with Gasteiger partial charge in [0.1, 0.15) is 0 Å². The fourth-order valence-electron chi connectivity index (χ4n) is 1.05. The molecule has 0 saturated heterocycles. The SMILES string of the molecule is COc1nccnc1S(=O)(=O)CCNC(=O)O. The number of methoxy groups -OCH3 is 1. The highest BCUT2D eigenvalue weighted by Gasteiger charge is 2.22. The lowest BCUT2D eigenvalue weighted by molar-refractivity contribution is 0.195. The van der Waals surface area contributed by atoms with Crippen LogP contribution in [0.1, 0.15) is 0 Å². The summed E-state index contributed by atoms with van der Waals surface area (Å²) < 4.78 is 28.3. The van der Waals surface area contributed by atoms with E-state index in [1.165, 1.54) is 19.5 Å². The van der Waals surface area contributed by atoms with Gasteiger partial charge in [0, 0.05) is 18.9 Å². The molecule has 1 amide bonds. The second-order valence-corrected chi connectivity index (χ2v) is 4.95. The van der Waals surface area contributed by atoms with Gasteiger partial charge in [-0.25, -0.2) is 23.2 Å². The molecule has 1 rings (SSSR count). The lowest BCUT2D eigenvalue weighted by Gasteiger charge is -2.06. The molecule has 9 heteroatoms. The first-order valence-electron chi connectivity index (χ1n) is 4.52. The molecule has 0 radical (unpaired) electrons. The van der Waals surface area contributed by atoms with E-state index in [9.17, 15) is 13.2 Å². The van der Waals surface area contributed by atoms with E-state index in [0.717, 1.165) is 0 Å². The summed E-state index contributed by atoms with van der Waals surface area (Å²) >= 11 is 0. The van der Waals surface area contributed by atoms with Gasteiger partial charge in [0.05, 0.1) is 12.9 Å². The molecule has 8 nitrogen and oxygen atoms in total. The number of hydrogen-bond donors (Lipinski definition) is 2. The number of amides is 1. The van der Waals surface area contributed by atoms with Crippen molar-refractivity contribution in [1.29, 1.82) is 0 Å². The van der Waals surface area contributed by atoms with Crippen molar-refractivity contribution in [3.8, 4) is 5.88 Å². The van der Waals surface area contributed by atoms with E-state index < -0.39 is 21.7 Å². The predicted molar refractivity (Wildman–Crippen MR) is 56.7 cm³/mol. The molecule has 1 aromatic rings. The molecule has 1 aromatic heterocycles. The standard InChI is InChI=1S/C8H11N3O5S/c1-16-6-7(10-3-2-9-6)17(14,15)5-4-11-8(12)13/h2-3,11H,4-5H2,1H3,(H,12,13). The first kappa shape index (κ1) is 13.2. The van der Waals surface area contributed by atoms with Crippen molar-refractivity contribution in [3.63, 3.8) is 0 Å². The van der Waals surface area contributed by atoms with Crippen LogP contribution in [0.5, 0.6) is 5.88 Å². The van der Waals surface area contributed by atoms with Crippen LogP contribution < -0.4 is 10.1 Å². The van der Waals surface area contributed by atoms with Crippen LogP contribution in [-0.4, -0.2) is 49.0 Å². The molecule has 0 aliphatic rings. The molecule has 0 aromatic carbocycles. The third-order valence-corrected chi connectivity index (χ3v) is 3.38. The van der Waals surface area contributed by atoms with Crippen LogP contribution in [0.3, 0.4) is 0 Å². The lowest BCUT2D eigenvalue weighted by atomic mass is 10.7. The summed E-state index contributed by atoms with van der Waals surface area (Å²) in [5.41, 5.74) is 0. The maximum Gasteiger partial charge on any atom is 0.404 e. The molecule has 0 aliphatic heterocycles.